The number of fused-ring (bicyclic) bond motifs is 3. The minimum absolute atomic E-state index is 0.839. The van der Waals surface area contributed by atoms with E-state index >= 15 is 0 Å². The van der Waals surface area contributed by atoms with E-state index in [-0.39, 0.29) is 0 Å². The quantitative estimate of drug-likeness (QED) is 0.430. The van der Waals surface area contributed by atoms with E-state index in [4.69, 9.17) is 14.1 Å². The van der Waals surface area contributed by atoms with E-state index in [2.05, 4.69) is 30.3 Å². The number of methoxy groups -OCH3 is 1. The first-order valence-electron chi connectivity index (χ1n) is 8.64. The fraction of sp³-hybridized carbons (Fsp3) is 0.0870. The average Bonchev–Trinajstić information content (AvgIpc) is 3.35. The number of nitrogens with zero attached hydrogens (tertiary/aromatic N) is 1. The molecule has 2 heterocycles. The summed E-state index contributed by atoms with van der Waals surface area (Å²) in [6.45, 7) is 0. The first-order chi connectivity index (χ1) is 12.8. The third kappa shape index (κ3) is 2.32. The molecule has 0 spiro atoms. The van der Waals surface area contributed by atoms with Crippen molar-refractivity contribution in [3.63, 3.8) is 0 Å². The Labute approximate surface area is 151 Å². The molecule has 3 nitrogen and oxygen atoms in total. The number of ether oxygens (including phenoxy) is 1. The lowest BCUT2D eigenvalue weighted by atomic mass is 10.0. The van der Waals surface area contributed by atoms with Crippen molar-refractivity contribution in [1.29, 1.82) is 0 Å². The Kier molecular flexibility index (Phi) is 3.39. The highest BCUT2D eigenvalue weighted by molar-refractivity contribution is 5.84. The molecule has 0 N–H and O–H groups in total. The Hall–Kier alpha value is -3.33. The molecule has 1 aliphatic carbocycles. The van der Waals surface area contributed by atoms with Crippen LogP contribution in [-0.2, 0) is 6.42 Å². The van der Waals surface area contributed by atoms with E-state index in [1.165, 1.54) is 16.7 Å². The van der Waals surface area contributed by atoms with Crippen LogP contribution >= 0.6 is 0 Å². The van der Waals surface area contributed by atoms with Crippen LogP contribution in [0.5, 0.6) is 5.75 Å². The molecule has 26 heavy (non-hydrogen) atoms. The number of aromatic nitrogens is 1. The highest BCUT2D eigenvalue weighted by atomic mass is 16.5. The van der Waals surface area contributed by atoms with Crippen LogP contribution in [0.3, 0.4) is 0 Å². The van der Waals surface area contributed by atoms with Crippen molar-refractivity contribution < 1.29 is 9.15 Å². The van der Waals surface area contributed by atoms with E-state index in [0.29, 0.717) is 0 Å². The molecule has 4 aromatic rings. The SMILES string of the molecule is COc1ccc(-c2cc(-c3ccco3)c3c(n2)-c2ccccc2C3)cc1. The maximum atomic E-state index is 5.72. The van der Waals surface area contributed by atoms with Gasteiger partial charge in [-0.15, -0.1) is 0 Å². The molecule has 1 aliphatic rings. The molecule has 0 radical (unpaired) electrons. The Morgan fingerprint density at radius 1 is 0.923 bits per heavy atom. The van der Waals surface area contributed by atoms with Gasteiger partial charge in [0, 0.05) is 23.1 Å². The smallest absolute Gasteiger partial charge is 0.134 e. The highest BCUT2D eigenvalue weighted by Gasteiger charge is 2.25. The number of pyridine rings is 1. The maximum Gasteiger partial charge on any atom is 0.134 e. The second-order valence-electron chi connectivity index (χ2n) is 6.42. The van der Waals surface area contributed by atoms with Crippen LogP contribution in [0.2, 0.25) is 0 Å². The topological polar surface area (TPSA) is 35.3 Å². The van der Waals surface area contributed by atoms with Crippen LogP contribution in [0.4, 0.5) is 0 Å². The molecular weight excluding hydrogens is 322 g/mol. The van der Waals surface area contributed by atoms with Gasteiger partial charge in [0.2, 0.25) is 0 Å². The van der Waals surface area contributed by atoms with Crippen molar-refractivity contribution in [3.05, 3.63) is 84.1 Å². The molecule has 0 amide bonds. The van der Waals surface area contributed by atoms with Crippen molar-refractivity contribution in [1.82, 2.24) is 4.98 Å². The number of hydrogen-bond acceptors (Lipinski definition) is 3. The van der Waals surface area contributed by atoms with Crippen LogP contribution < -0.4 is 4.74 Å². The van der Waals surface area contributed by atoms with Crippen LogP contribution in [0, 0.1) is 0 Å². The molecule has 126 valence electrons. The molecule has 0 saturated carbocycles. The van der Waals surface area contributed by atoms with Crippen molar-refractivity contribution >= 4 is 0 Å². The summed E-state index contributed by atoms with van der Waals surface area (Å²) >= 11 is 0. The summed E-state index contributed by atoms with van der Waals surface area (Å²) in [6.07, 6.45) is 2.61. The van der Waals surface area contributed by atoms with Gasteiger partial charge in [0.1, 0.15) is 11.5 Å². The summed E-state index contributed by atoms with van der Waals surface area (Å²) < 4.78 is 11.0. The van der Waals surface area contributed by atoms with Crippen LogP contribution in [0.25, 0.3) is 33.8 Å². The van der Waals surface area contributed by atoms with Gasteiger partial charge in [0.25, 0.3) is 0 Å². The molecule has 0 saturated heterocycles. The van der Waals surface area contributed by atoms with Gasteiger partial charge >= 0.3 is 0 Å². The standard InChI is InChI=1S/C23H17NO2/c1-25-17-10-8-15(9-11-17)21-14-19(22-7-4-12-26-22)20-13-16-5-2-3-6-18(16)23(20)24-21/h2-12,14H,13H2,1H3. The first-order valence-corrected chi connectivity index (χ1v) is 8.64. The largest absolute Gasteiger partial charge is 0.497 e. The molecule has 5 rings (SSSR count). The van der Waals surface area contributed by atoms with E-state index in [1.54, 1.807) is 13.4 Å². The van der Waals surface area contributed by atoms with Gasteiger partial charge in [-0.1, -0.05) is 24.3 Å². The fourth-order valence-electron chi connectivity index (χ4n) is 3.63. The molecule has 0 unspecified atom stereocenters. The van der Waals surface area contributed by atoms with Crippen molar-refractivity contribution in [2.45, 2.75) is 6.42 Å². The molecule has 2 aromatic heterocycles. The number of furan rings is 1. The van der Waals surface area contributed by atoms with Gasteiger partial charge in [-0.3, -0.25) is 0 Å². The average molecular weight is 339 g/mol. The Balaban J connectivity index is 1.74. The van der Waals surface area contributed by atoms with Gasteiger partial charge in [-0.05, 0) is 53.6 Å². The summed E-state index contributed by atoms with van der Waals surface area (Å²) in [7, 11) is 1.68. The molecular formula is C23H17NO2. The third-order valence-electron chi connectivity index (χ3n) is 4.94. The first kappa shape index (κ1) is 15.0. The van der Waals surface area contributed by atoms with Crippen molar-refractivity contribution in [3.8, 4) is 39.6 Å². The minimum atomic E-state index is 0.839. The third-order valence-corrected chi connectivity index (χ3v) is 4.94. The van der Waals surface area contributed by atoms with Crippen LogP contribution in [0.15, 0.2) is 77.4 Å². The summed E-state index contributed by atoms with van der Waals surface area (Å²) in [5, 5.41) is 0. The van der Waals surface area contributed by atoms with Crippen LogP contribution in [-0.4, -0.2) is 12.1 Å². The number of hydrogen-bond donors (Lipinski definition) is 0. The lowest BCUT2D eigenvalue weighted by molar-refractivity contribution is 0.415. The maximum absolute atomic E-state index is 5.72. The lowest BCUT2D eigenvalue weighted by Gasteiger charge is -2.11. The number of rotatable bonds is 3. The predicted molar refractivity (Wildman–Crippen MR) is 102 cm³/mol. The summed E-state index contributed by atoms with van der Waals surface area (Å²) in [5.41, 5.74) is 7.93. The Morgan fingerprint density at radius 3 is 2.54 bits per heavy atom. The van der Waals surface area contributed by atoms with Gasteiger partial charge < -0.3 is 9.15 Å². The molecule has 2 aromatic carbocycles. The number of benzene rings is 2. The summed E-state index contributed by atoms with van der Waals surface area (Å²) in [4.78, 5) is 5.01. The summed E-state index contributed by atoms with van der Waals surface area (Å²) in [5.74, 6) is 1.72. The highest BCUT2D eigenvalue weighted by Crippen LogP contribution is 2.42. The Morgan fingerprint density at radius 2 is 1.77 bits per heavy atom. The molecule has 3 heteroatoms. The fourth-order valence-corrected chi connectivity index (χ4v) is 3.63. The van der Waals surface area contributed by atoms with Gasteiger partial charge in [-0.2, -0.15) is 0 Å². The zero-order valence-corrected chi connectivity index (χ0v) is 14.4. The zero-order chi connectivity index (χ0) is 17.5. The molecule has 0 aliphatic heterocycles. The summed E-state index contributed by atoms with van der Waals surface area (Å²) in [6, 6.07) is 22.6. The predicted octanol–water partition coefficient (Wildman–Crippen LogP) is 5.59. The van der Waals surface area contributed by atoms with Gasteiger partial charge in [0.15, 0.2) is 0 Å². The van der Waals surface area contributed by atoms with E-state index in [0.717, 1.165) is 40.4 Å². The molecule has 0 atom stereocenters. The van der Waals surface area contributed by atoms with Crippen molar-refractivity contribution in [2.75, 3.05) is 7.11 Å². The second-order valence-corrected chi connectivity index (χ2v) is 6.42. The lowest BCUT2D eigenvalue weighted by Crippen LogP contribution is -1.94. The van der Waals surface area contributed by atoms with Gasteiger partial charge in [-0.25, -0.2) is 4.98 Å². The van der Waals surface area contributed by atoms with E-state index in [1.807, 2.05) is 36.4 Å². The minimum Gasteiger partial charge on any atom is -0.497 e. The monoisotopic (exact) mass is 339 g/mol. The second kappa shape index (κ2) is 5.88. The van der Waals surface area contributed by atoms with E-state index < -0.39 is 0 Å². The van der Waals surface area contributed by atoms with Gasteiger partial charge in [0.05, 0.1) is 24.8 Å². The Bertz CT molecular complexity index is 1080. The van der Waals surface area contributed by atoms with Crippen molar-refractivity contribution in [2.24, 2.45) is 0 Å². The zero-order valence-electron chi connectivity index (χ0n) is 14.4. The molecule has 0 bridgehead atoms. The molecule has 0 fully saturated rings. The van der Waals surface area contributed by atoms with E-state index in [9.17, 15) is 0 Å². The normalized spacial score (nSPS) is 11.9. The van der Waals surface area contributed by atoms with Crippen LogP contribution in [0.1, 0.15) is 11.1 Å².